The van der Waals surface area contributed by atoms with Crippen molar-refractivity contribution in [1.29, 1.82) is 0 Å². The van der Waals surface area contributed by atoms with Gasteiger partial charge in [0.2, 0.25) is 0 Å². The fourth-order valence-corrected chi connectivity index (χ4v) is 0.534. The van der Waals surface area contributed by atoms with Crippen molar-refractivity contribution in [2.45, 2.75) is 6.92 Å². The number of hydrogen-bond donors (Lipinski definition) is 0. The molecule has 44 valence electrons. The molecule has 0 heterocycles. The van der Waals surface area contributed by atoms with Crippen LogP contribution in [0.25, 0.3) is 0 Å². The third-order valence-corrected chi connectivity index (χ3v) is 0.940. The normalized spacial score (nSPS) is 6.78. The second kappa shape index (κ2) is 6.69. The van der Waals surface area contributed by atoms with Gasteiger partial charge in [-0.1, -0.05) is 35.9 Å². The predicted molar refractivity (Wildman–Crippen MR) is 39.9 cm³/mol. The standard InChI is InChI=1S/C7H8.Na.H2S/c1-7-5-3-2-4-6-7;;/h2-6H,1H3;;1H2/q;+1;/p-1. The first-order chi connectivity index (χ1) is 3.39. The van der Waals surface area contributed by atoms with Gasteiger partial charge in [-0.3, -0.25) is 0 Å². The summed E-state index contributed by atoms with van der Waals surface area (Å²) in [5.74, 6) is 0. The molecule has 0 radical (unpaired) electrons. The van der Waals surface area contributed by atoms with Crippen molar-refractivity contribution >= 4 is 13.5 Å². The minimum atomic E-state index is 0. The summed E-state index contributed by atoms with van der Waals surface area (Å²) in [6.07, 6.45) is 0. The van der Waals surface area contributed by atoms with E-state index in [0.29, 0.717) is 0 Å². The summed E-state index contributed by atoms with van der Waals surface area (Å²) in [4.78, 5) is 0. The van der Waals surface area contributed by atoms with E-state index in [4.69, 9.17) is 0 Å². The van der Waals surface area contributed by atoms with Gasteiger partial charge in [-0.25, -0.2) is 0 Å². The van der Waals surface area contributed by atoms with Gasteiger partial charge in [-0.15, -0.1) is 0 Å². The molecule has 0 bridgehead atoms. The topological polar surface area (TPSA) is 0 Å². The Balaban J connectivity index is 0. The van der Waals surface area contributed by atoms with Crippen molar-refractivity contribution in [3.8, 4) is 0 Å². The van der Waals surface area contributed by atoms with E-state index in [1.165, 1.54) is 5.56 Å². The van der Waals surface area contributed by atoms with E-state index in [-0.39, 0.29) is 43.1 Å². The Hall–Kier alpha value is 0.570. The van der Waals surface area contributed by atoms with Crippen LogP contribution >= 0.6 is 0 Å². The Labute approximate surface area is 85.4 Å². The van der Waals surface area contributed by atoms with E-state index in [0.717, 1.165) is 0 Å². The molecule has 2 heteroatoms. The van der Waals surface area contributed by atoms with Gasteiger partial charge < -0.3 is 13.5 Å². The van der Waals surface area contributed by atoms with Gasteiger partial charge in [0.15, 0.2) is 0 Å². The largest absolute Gasteiger partial charge is 1.00 e. The molecule has 0 unspecified atom stereocenters. The van der Waals surface area contributed by atoms with Gasteiger partial charge in [0, 0.05) is 0 Å². The number of thiol groups is 1. The Kier molecular flexibility index (Phi) is 9.11. The van der Waals surface area contributed by atoms with Gasteiger partial charge in [0.1, 0.15) is 0 Å². The molecule has 0 aromatic heterocycles. The van der Waals surface area contributed by atoms with Crippen LogP contribution in [0.3, 0.4) is 0 Å². The van der Waals surface area contributed by atoms with E-state index in [9.17, 15) is 0 Å². The van der Waals surface area contributed by atoms with E-state index in [1.54, 1.807) is 0 Å². The Morgan fingerprint density at radius 1 is 1.00 bits per heavy atom. The molecule has 0 atom stereocenters. The van der Waals surface area contributed by atoms with Crippen LogP contribution in [-0.2, 0) is 13.5 Å². The monoisotopic (exact) mass is 148 g/mol. The molecule has 0 saturated carbocycles. The van der Waals surface area contributed by atoms with Crippen LogP contribution in [0.1, 0.15) is 5.56 Å². The molecule has 0 spiro atoms. The molecule has 0 aliphatic heterocycles. The van der Waals surface area contributed by atoms with Crippen molar-refractivity contribution in [2.24, 2.45) is 0 Å². The molecular formula is C7H9NaS. The Morgan fingerprint density at radius 2 is 1.44 bits per heavy atom. The molecule has 0 amide bonds. The number of benzene rings is 1. The average molecular weight is 148 g/mol. The molecule has 1 aromatic carbocycles. The zero-order valence-electron chi connectivity index (χ0n) is 5.83. The summed E-state index contributed by atoms with van der Waals surface area (Å²) in [6.45, 7) is 2.08. The predicted octanol–water partition coefficient (Wildman–Crippen LogP) is -1.27. The molecule has 0 saturated heterocycles. The first-order valence-corrected chi connectivity index (χ1v) is 2.41. The van der Waals surface area contributed by atoms with Crippen molar-refractivity contribution in [3.63, 3.8) is 0 Å². The summed E-state index contributed by atoms with van der Waals surface area (Å²) in [6, 6.07) is 10.3. The molecule has 0 aliphatic carbocycles. The molecule has 1 aromatic rings. The molecule has 0 aliphatic rings. The summed E-state index contributed by atoms with van der Waals surface area (Å²) in [5.41, 5.74) is 1.32. The Bertz CT molecular complexity index is 139. The quantitative estimate of drug-likeness (QED) is 0.251. The maximum atomic E-state index is 2.08. The number of rotatable bonds is 0. The van der Waals surface area contributed by atoms with Crippen molar-refractivity contribution < 1.29 is 29.6 Å². The van der Waals surface area contributed by atoms with Gasteiger partial charge in [-0.2, -0.15) is 0 Å². The fraction of sp³-hybridized carbons (Fsp3) is 0.143. The zero-order valence-corrected chi connectivity index (χ0v) is 8.73. The third kappa shape index (κ3) is 5.04. The molecule has 0 fully saturated rings. The third-order valence-electron chi connectivity index (χ3n) is 0.940. The average Bonchev–Trinajstić information content (AvgIpc) is 1.69. The minimum Gasteiger partial charge on any atom is -0.813 e. The minimum absolute atomic E-state index is 0. The van der Waals surface area contributed by atoms with Crippen LogP contribution in [0.4, 0.5) is 0 Å². The van der Waals surface area contributed by atoms with Crippen LogP contribution in [0.2, 0.25) is 0 Å². The van der Waals surface area contributed by atoms with Gasteiger partial charge >= 0.3 is 29.6 Å². The summed E-state index contributed by atoms with van der Waals surface area (Å²) >= 11 is 0. The second-order valence-electron chi connectivity index (χ2n) is 1.65. The van der Waals surface area contributed by atoms with Crippen LogP contribution in [0.5, 0.6) is 0 Å². The fourth-order valence-electron chi connectivity index (χ4n) is 0.534. The first kappa shape index (κ1) is 12.3. The van der Waals surface area contributed by atoms with Crippen molar-refractivity contribution in [1.82, 2.24) is 0 Å². The first-order valence-electron chi connectivity index (χ1n) is 2.41. The number of aryl methyl sites for hydroxylation is 1. The second-order valence-corrected chi connectivity index (χ2v) is 1.65. The van der Waals surface area contributed by atoms with E-state index < -0.39 is 0 Å². The maximum absolute atomic E-state index is 2.08. The number of hydrogen-bond acceptors (Lipinski definition) is 1. The van der Waals surface area contributed by atoms with Crippen molar-refractivity contribution in [3.05, 3.63) is 35.9 Å². The zero-order chi connectivity index (χ0) is 5.11. The molecule has 0 nitrogen and oxygen atoms in total. The van der Waals surface area contributed by atoms with Crippen LogP contribution < -0.4 is 29.6 Å². The summed E-state index contributed by atoms with van der Waals surface area (Å²) in [7, 11) is 0. The smallest absolute Gasteiger partial charge is 0.813 e. The Morgan fingerprint density at radius 3 is 1.67 bits per heavy atom. The van der Waals surface area contributed by atoms with Crippen molar-refractivity contribution in [2.75, 3.05) is 0 Å². The van der Waals surface area contributed by atoms with E-state index >= 15 is 0 Å². The van der Waals surface area contributed by atoms with Gasteiger partial charge in [0.25, 0.3) is 0 Å². The molecule has 1 rings (SSSR count). The SMILES string of the molecule is Cc1ccccc1.[Na+].[SH-]. The molecular weight excluding hydrogens is 139 g/mol. The van der Waals surface area contributed by atoms with Gasteiger partial charge in [0.05, 0.1) is 0 Å². The van der Waals surface area contributed by atoms with Crippen LogP contribution in [-0.4, -0.2) is 0 Å². The molecule has 0 N–H and O–H groups in total. The van der Waals surface area contributed by atoms with Crippen LogP contribution in [0.15, 0.2) is 30.3 Å². The molecule has 9 heavy (non-hydrogen) atoms. The van der Waals surface area contributed by atoms with E-state index in [2.05, 4.69) is 19.1 Å². The van der Waals surface area contributed by atoms with E-state index in [1.807, 2.05) is 18.2 Å². The van der Waals surface area contributed by atoms with Gasteiger partial charge in [-0.05, 0) is 6.92 Å². The van der Waals surface area contributed by atoms with Crippen LogP contribution in [0, 0.1) is 6.92 Å². The maximum Gasteiger partial charge on any atom is 1.00 e. The summed E-state index contributed by atoms with van der Waals surface area (Å²) in [5, 5.41) is 0. The summed E-state index contributed by atoms with van der Waals surface area (Å²) < 4.78 is 0.